The summed E-state index contributed by atoms with van der Waals surface area (Å²) in [4.78, 5) is 0.214. The summed E-state index contributed by atoms with van der Waals surface area (Å²) in [5.74, 6) is 0. The molecule has 1 aliphatic rings. The first-order valence-electron chi connectivity index (χ1n) is 6.23. The van der Waals surface area contributed by atoms with Crippen LogP contribution in [-0.2, 0) is 10.0 Å². The van der Waals surface area contributed by atoms with Crippen molar-refractivity contribution in [3.05, 3.63) is 29.3 Å². The number of sulfonamides is 1. The molecule has 1 aliphatic carbocycles. The number of aryl methyl sites for hydroxylation is 1. The normalized spacial score (nSPS) is 23.2. The van der Waals surface area contributed by atoms with E-state index in [0.29, 0.717) is 11.1 Å². The van der Waals surface area contributed by atoms with E-state index in [1.807, 2.05) is 6.07 Å². The standard InChI is InChI=1S/C13H17N3O2S/c1-9-7-10(8-14)5-6-13(9)19(17,18)16-12-4-2-3-11(12)15/h5-7,11-12,16H,2-4,15H2,1H3. The molecule has 0 saturated heterocycles. The molecule has 0 heterocycles. The summed E-state index contributed by atoms with van der Waals surface area (Å²) in [6, 6.07) is 6.23. The van der Waals surface area contributed by atoms with Crippen molar-refractivity contribution in [1.82, 2.24) is 4.72 Å². The average Bonchev–Trinajstić information content (AvgIpc) is 2.73. The van der Waals surface area contributed by atoms with Gasteiger partial charge in [-0.05, 0) is 43.5 Å². The Kier molecular flexibility index (Phi) is 3.90. The lowest BCUT2D eigenvalue weighted by atomic mass is 10.2. The van der Waals surface area contributed by atoms with Crippen molar-refractivity contribution in [3.8, 4) is 6.07 Å². The lowest BCUT2D eigenvalue weighted by Gasteiger charge is -2.18. The smallest absolute Gasteiger partial charge is 0.241 e. The molecule has 0 aromatic heterocycles. The Bertz CT molecular complexity index is 619. The molecule has 2 unspecified atom stereocenters. The van der Waals surface area contributed by atoms with Gasteiger partial charge in [0.2, 0.25) is 10.0 Å². The highest BCUT2D eigenvalue weighted by Gasteiger charge is 2.29. The van der Waals surface area contributed by atoms with Crippen LogP contribution >= 0.6 is 0 Å². The second-order valence-corrected chi connectivity index (χ2v) is 6.60. The highest BCUT2D eigenvalue weighted by atomic mass is 32.2. The van der Waals surface area contributed by atoms with Gasteiger partial charge in [0.25, 0.3) is 0 Å². The van der Waals surface area contributed by atoms with E-state index in [0.717, 1.165) is 19.3 Å². The van der Waals surface area contributed by atoms with Crippen LogP contribution in [0.25, 0.3) is 0 Å². The number of nitrogens with two attached hydrogens (primary N) is 1. The van der Waals surface area contributed by atoms with Crippen LogP contribution in [0.15, 0.2) is 23.1 Å². The number of nitrogens with zero attached hydrogens (tertiary/aromatic N) is 1. The lowest BCUT2D eigenvalue weighted by molar-refractivity contribution is 0.522. The first kappa shape index (κ1) is 14.0. The molecule has 1 saturated carbocycles. The number of rotatable bonds is 3. The fourth-order valence-corrected chi connectivity index (χ4v) is 3.97. The molecule has 2 atom stereocenters. The highest BCUT2D eigenvalue weighted by Crippen LogP contribution is 2.21. The van der Waals surface area contributed by atoms with Gasteiger partial charge in [0, 0.05) is 12.1 Å². The summed E-state index contributed by atoms with van der Waals surface area (Å²) >= 11 is 0. The fourth-order valence-electron chi connectivity index (χ4n) is 2.42. The fraction of sp³-hybridized carbons (Fsp3) is 0.462. The number of hydrogen-bond acceptors (Lipinski definition) is 4. The van der Waals surface area contributed by atoms with Crippen molar-refractivity contribution in [1.29, 1.82) is 5.26 Å². The number of benzene rings is 1. The van der Waals surface area contributed by atoms with Crippen LogP contribution in [0.5, 0.6) is 0 Å². The van der Waals surface area contributed by atoms with Gasteiger partial charge in [0.05, 0.1) is 16.5 Å². The van der Waals surface area contributed by atoms with E-state index in [2.05, 4.69) is 4.72 Å². The van der Waals surface area contributed by atoms with E-state index < -0.39 is 10.0 Å². The number of hydrogen-bond donors (Lipinski definition) is 2. The zero-order chi connectivity index (χ0) is 14.0. The lowest BCUT2D eigenvalue weighted by Crippen LogP contribution is -2.44. The maximum absolute atomic E-state index is 12.3. The molecule has 1 fully saturated rings. The van der Waals surface area contributed by atoms with Crippen LogP contribution in [0, 0.1) is 18.3 Å². The number of nitriles is 1. The maximum atomic E-state index is 12.3. The Hall–Kier alpha value is -1.42. The van der Waals surface area contributed by atoms with E-state index in [1.165, 1.54) is 12.1 Å². The first-order valence-corrected chi connectivity index (χ1v) is 7.71. The Morgan fingerprint density at radius 3 is 2.68 bits per heavy atom. The van der Waals surface area contributed by atoms with Crippen molar-refractivity contribution in [2.75, 3.05) is 0 Å². The summed E-state index contributed by atoms with van der Waals surface area (Å²) in [6.45, 7) is 1.68. The SMILES string of the molecule is Cc1cc(C#N)ccc1S(=O)(=O)NC1CCCC1N. The van der Waals surface area contributed by atoms with Gasteiger partial charge in [0.15, 0.2) is 0 Å². The summed E-state index contributed by atoms with van der Waals surface area (Å²) in [5.41, 5.74) is 6.90. The molecule has 0 spiro atoms. The average molecular weight is 279 g/mol. The molecule has 0 aliphatic heterocycles. The maximum Gasteiger partial charge on any atom is 0.241 e. The quantitative estimate of drug-likeness (QED) is 0.863. The van der Waals surface area contributed by atoms with E-state index in [1.54, 1.807) is 13.0 Å². The summed E-state index contributed by atoms with van der Waals surface area (Å²) in [5, 5.41) is 8.79. The van der Waals surface area contributed by atoms with E-state index in [-0.39, 0.29) is 17.0 Å². The molecule has 6 heteroatoms. The molecule has 0 bridgehead atoms. The Balaban J connectivity index is 2.27. The molecule has 19 heavy (non-hydrogen) atoms. The predicted octanol–water partition coefficient (Wildman–Crippen LogP) is 1.02. The Morgan fingerprint density at radius 2 is 2.16 bits per heavy atom. The number of nitrogens with one attached hydrogen (secondary N) is 1. The van der Waals surface area contributed by atoms with Gasteiger partial charge < -0.3 is 5.73 Å². The monoisotopic (exact) mass is 279 g/mol. The summed E-state index contributed by atoms with van der Waals surface area (Å²) in [7, 11) is -3.57. The van der Waals surface area contributed by atoms with Crippen molar-refractivity contribution in [2.45, 2.75) is 43.2 Å². The molecule has 1 aromatic rings. The second-order valence-electron chi connectivity index (χ2n) is 4.91. The Labute approximate surface area is 113 Å². The minimum atomic E-state index is -3.57. The molecule has 102 valence electrons. The third-order valence-electron chi connectivity index (χ3n) is 3.47. The largest absolute Gasteiger partial charge is 0.326 e. The highest BCUT2D eigenvalue weighted by molar-refractivity contribution is 7.89. The van der Waals surface area contributed by atoms with Gasteiger partial charge in [-0.2, -0.15) is 5.26 Å². The zero-order valence-electron chi connectivity index (χ0n) is 10.8. The van der Waals surface area contributed by atoms with E-state index >= 15 is 0 Å². The van der Waals surface area contributed by atoms with Crippen molar-refractivity contribution in [3.63, 3.8) is 0 Å². The van der Waals surface area contributed by atoms with Gasteiger partial charge in [-0.25, -0.2) is 13.1 Å². The van der Waals surface area contributed by atoms with Crippen LogP contribution < -0.4 is 10.5 Å². The second kappa shape index (κ2) is 5.29. The topological polar surface area (TPSA) is 96.0 Å². The van der Waals surface area contributed by atoms with E-state index in [4.69, 9.17) is 11.0 Å². The van der Waals surface area contributed by atoms with Gasteiger partial charge >= 0.3 is 0 Å². The zero-order valence-corrected chi connectivity index (χ0v) is 11.6. The van der Waals surface area contributed by atoms with E-state index in [9.17, 15) is 8.42 Å². The van der Waals surface area contributed by atoms with Gasteiger partial charge in [0.1, 0.15) is 0 Å². The van der Waals surface area contributed by atoms with Crippen molar-refractivity contribution in [2.24, 2.45) is 5.73 Å². The predicted molar refractivity (Wildman–Crippen MR) is 71.8 cm³/mol. The van der Waals surface area contributed by atoms with Gasteiger partial charge in [-0.15, -0.1) is 0 Å². The Morgan fingerprint density at radius 1 is 1.42 bits per heavy atom. The molecular weight excluding hydrogens is 262 g/mol. The molecule has 3 N–H and O–H groups in total. The van der Waals surface area contributed by atoms with Crippen LogP contribution in [0.3, 0.4) is 0 Å². The molecule has 0 radical (unpaired) electrons. The van der Waals surface area contributed by atoms with Gasteiger partial charge in [-0.3, -0.25) is 0 Å². The van der Waals surface area contributed by atoms with Crippen molar-refractivity contribution < 1.29 is 8.42 Å². The molecule has 5 nitrogen and oxygen atoms in total. The molecular formula is C13H17N3O2S. The van der Waals surface area contributed by atoms with Crippen molar-refractivity contribution >= 4 is 10.0 Å². The third kappa shape index (κ3) is 2.95. The van der Waals surface area contributed by atoms with Gasteiger partial charge in [-0.1, -0.05) is 6.42 Å². The summed E-state index contributed by atoms with van der Waals surface area (Å²) in [6.07, 6.45) is 2.57. The molecule has 0 amide bonds. The minimum absolute atomic E-state index is 0.117. The van der Waals surface area contributed by atoms with Crippen LogP contribution in [0.1, 0.15) is 30.4 Å². The van der Waals surface area contributed by atoms with Crippen LogP contribution in [0.2, 0.25) is 0 Å². The minimum Gasteiger partial charge on any atom is -0.326 e. The van der Waals surface area contributed by atoms with Crippen LogP contribution in [-0.4, -0.2) is 20.5 Å². The summed E-state index contributed by atoms with van der Waals surface area (Å²) < 4.78 is 27.3. The first-order chi connectivity index (χ1) is 8.94. The molecule has 1 aromatic carbocycles. The third-order valence-corrected chi connectivity index (χ3v) is 5.12. The van der Waals surface area contributed by atoms with Crippen LogP contribution in [0.4, 0.5) is 0 Å². The molecule has 2 rings (SSSR count).